The second-order valence-corrected chi connectivity index (χ2v) is 9.65. The standard InChI is InChI=1S/C20H29NO3S/c1-16(2)25(23,24)14-7-3-4-10-18(22)11-8-9-17-15-21-20-13-6-5-12-19(17)20/h5-6,12-13,15-16,21H,3-4,7-11,14H2,1-2H3. The summed E-state index contributed by atoms with van der Waals surface area (Å²) in [4.78, 5) is 15.2. The molecule has 0 bridgehead atoms. The molecule has 1 N–H and O–H groups in total. The number of fused-ring (bicyclic) bond motifs is 1. The van der Waals surface area contributed by atoms with Crippen LogP contribution in [0.25, 0.3) is 10.9 Å². The first kappa shape index (κ1) is 19.7. The van der Waals surface area contributed by atoms with Gasteiger partial charge in [0.25, 0.3) is 0 Å². The summed E-state index contributed by atoms with van der Waals surface area (Å²) in [6.07, 6.45) is 7.22. The monoisotopic (exact) mass is 363 g/mol. The number of Topliss-reactive ketones (excluding diaryl/α,β-unsaturated/α-hetero) is 1. The Morgan fingerprint density at radius 3 is 2.52 bits per heavy atom. The number of aromatic nitrogens is 1. The number of hydrogen-bond acceptors (Lipinski definition) is 3. The molecule has 0 saturated carbocycles. The van der Waals surface area contributed by atoms with Crippen LogP contribution < -0.4 is 0 Å². The summed E-state index contributed by atoms with van der Waals surface area (Å²) >= 11 is 0. The van der Waals surface area contributed by atoms with Crippen molar-refractivity contribution in [1.82, 2.24) is 4.98 Å². The van der Waals surface area contributed by atoms with E-state index in [4.69, 9.17) is 0 Å². The number of hydrogen-bond donors (Lipinski definition) is 1. The minimum atomic E-state index is -2.94. The molecule has 2 rings (SSSR count). The van der Waals surface area contributed by atoms with Crippen LogP contribution in [0.15, 0.2) is 30.5 Å². The number of sulfone groups is 1. The highest BCUT2D eigenvalue weighted by atomic mass is 32.2. The van der Waals surface area contributed by atoms with Crippen LogP contribution in [-0.4, -0.2) is 30.2 Å². The molecule has 1 aromatic heterocycles. The van der Waals surface area contributed by atoms with E-state index in [9.17, 15) is 13.2 Å². The molecule has 0 spiro atoms. The van der Waals surface area contributed by atoms with Gasteiger partial charge in [-0.05, 0) is 51.2 Å². The van der Waals surface area contributed by atoms with Crippen LogP contribution in [0.2, 0.25) is 0 Å². The van der Waals surface area contributed by atoms with Crippen molar-refractivity contribution in [3.05, 3.63) is 36.0 Å². The van der Waals surface area contributed by atoms with Crippen LogP contribution in [-0.2, 0) is 21.1 Å². The molecule has 0 aliphatic heterocycles. The molecule has 1 heterocycles. The number of nitrogens with one attached hydrogen (secondary N) is 1. The summed E-state index contributed by atoms with van der Waals surface area (Å²) in [7, 11) is -2.94. The predicted molar refractivity (Wildman–Crippen MR) is 104 cm³/mol. The van der Waals surface area contributed by atoms with E-state index < -0.39 is 9.84 Å². The van der Waals surface area contributed by atoms with Crippen molar-refractivity contribution in [3.8, 4) is 0 Å². The number of aryl methyl sites for hydroxylation is 1. The van der Waals surface area contributed by atoms with E-state index in [1.165, 1.54) is 10.9 Å². The summed E-state index contributed by atoms with van der Waals surface area (Å²) in [5.74, 6) is 0.519. The smallest absolute Gasteiger partial charge is 0.152 e. The number of unbranched alkanes of at least 4 members (excludes halogenated alkanes) is 2. The highest BCUT2D eigenvalue weighted by Gasteiger charge is 2.15. The van der Waals surface area contributed by atoms with E-state index in [1.54, 1.807) is 13.8 Å². The van der Waals surface area contributed by atoms with Crippen molar-refractivity contribution in [1.29, 1.82) is 0 Å². The molecule has 138 valence electrons. The third-order valence-corrected chi connectivity index (χ3v) is 6.97. The molecular weight excluding hydrogens is 334 g/mol. The molecule has 0 atom stereocenters. The largest absolute Gasteiger partial charge is 0.361 e. The average molecular weight is 364 g/mol. The maximum absolute atomic E-state index is 12.0. The highest BCUT2D eigenvalue weighted by Crippen LogP contribution is 2.19. The first-order valence-corrected chi connectivity index (χ1v) is 10.9. The molecule has 0 aliphatic rings. The van der Waals surface area contributed by atoms with Crippen LogP contribution in [0.3, 0.4) is 0 Å². The SMILES string of the molecule is CC(C)S(=O)(=O)CCCCCC(=O)CCCc1c[nH]c2ccccc12. The number of benzene rings is 1. The van der Waals surface area contributed by atoms with Crippen LogP contribution in [0.4, 0.5) is 0 Å². The van der Waals surface area contributed by atoms with Crippen LogP contribution in [0, 0.1) is 0 Å². The minimum absolute atomic E-state index is 0.236. The van der Waals surface area contributed by atoms with Crippen LogP contribution >= 0.6 is 0 Å². The van der Waals surface area contributed by atoms with Crippen LogP contribution in [0.5, 0.6) is 0 Å². The van der Waals surface area contributed by atoms with Gasteiger partial charge in [0.05, 0.1) is 11.0 Å². The molecule has 0 amide bonds. The number of para-hydroxylation sites is 1. The number of aromatic amines is 1. The molecule has 0 radical (unpaired) electrons. The van der Waals surface area contributed by atoms with E-state index in [-0.39, 0.29) is 16.8 Å². The van der Waals surface area contributed by atoms with Crippen molar-refractivity contribution in [2.45, 2.75) is 64.0 Å². The Morgan fingerprint density at radius 1 is 1.04 bits per heavy atom. The van der Waals surface area contributed by atoms with Gasteiger partial charge in [0.15, 0.2) is 9.84 Å². The number of ketones is 1. The lowest BCUT2D eigenvalue weighted by Gasteiger charge is -2.07. The number of rotatable bonds is 11. The van der Waals surface area contributed by atoms with Gasteiger partial charge >= 0.3 is 0 Å². The van der Waals surface area contributed by atoms with Gasteiger partial charge < -0.3 is 4.98 Å². The number of carbonyl (C=O) groups is 1. The summed E-state index contributed by atoms with van der Waals surface area (Å²) in [5, 5.41) is 0.931. The third-order valence-electron chi connectivity index (χ3n) is 4.68. The van der Waals surface area contributed by atoms with Crippen molar-refractivity contribution in [3.63, 3.8) is 0 Å². The first-order valence-electron chi connectivity index (χ1n) is 9.18. The van der Waals surface area contributed by atoms with Crippen molar-refractivity contribution < 1.29 is 13.2 Å². The van der Waals surface area contributed by atoms with E-state index in [2.05, 4.69) is 17.1 Å². The lowest BCUT2D eigenvalue weighted by Crippen LogP contribution is -2.17. The van der Waals surface area contributed by atoms with Crippen molar-refractivity contribution in [2.75, 3.05) is 5.75 Å². The van der Waals surface area contributed by atoms with Gasteiger partial charge in [-0.2, -0.15) is 0 Å². The number of H-pyrrole nitrogens is 1. The zero-order valence-electron chi connectivity index (χ0n) is 15.3. The van der Waals surface area contributed by atoms with Gasteiger partial charge in [-0.25, -0.2) is 8.42 Å². The molecule has 2 aromatic rings. The van der Waals surface area contributed by atoms with Gasteiger partial charge in [-0.15, -0.1) is 0 Å². The maximum Gasteiger partial charge on any atom is 0.152 e. The van der Waals surface area contributed by atoms with Gasteiger partial charge in [0, 0.05) is 29.9 Å². The Bertz CT molecular complexity index is 790. The molecule has 0 saturated heterocycles. The Kier molecular flexibility index (Phi) is 7.24. The van der Waals surface area contributed by atoms with E-state index in [0.29, 0.717) is 19.3 Å². The molecule has 5 heteroatoms. The zero-order valence-corrected chi connectivity index (χ0v) is 16.1. The topological polar surface area (TPSA) is 67.0 Å². The molecule has 0 unspecified atom stereocenters. The second-order valence-electron chi connectivity index (χ2n) is 6.98. The summed E-state index contributed by atoms with van der Waals surface area (Å²) < 4.78 is 23.4. The second kappa shape index (κ2) is 9.18. The number of carbonyl (C=O) groups excluding carboxylic acids is 1. The Balaban J connectivity index is 1.61. The molecule has 25 heavy (non-hydrogen) atoms. The Labute approximate surface area is 150 Å². The summed E-state index contributed by atoms with van der Waals surface area (Å²) in [6, 6.07) is 8.21. The molecule has 0 fully saturated rings. The molecule has 0 aliphatic carbocycles. The van der Waals surface area contributed by atoms with Gasteiger partial charge in [-0.1, -0.05) is 24.6 Å². The van der Waals surface area contributed by atoms with Gasteiger partial charge in [-0.3, -0.25) is 4.79 Å². The fourth-order valence-corrected chi connectivity index (χ4v) is 4.06. The highest BCUT2D eigenvalue weighted by molar-refractivity contribution is 7.91. The van der Waals surface area contributed by atoms with E-state index in [1.807, 2.05) is 18.3 Å². The molecule has 4 nitrogen and oxygen atoms in total. The molecular formula is C20H29NO3S. The molecule has 1 aromatic carbocycles. The predicted octanol–water partition coefficient (Wildman–Crippen LogP) is 4.44. The lowest BCUT2D eigenvalue weighted by molar-refractivity contribution is -0.119. The van der Waals surface area contributed by atoms with Crippen LogP contribution in [0.1, 0.15) is 57.9 Å². The van der Waals surface area contributed by atoms with Crippen molar-refractivity contribution in [2.24, 2.45) is 0 Å². The van der Waals surface area contributed by atoms with E-state index in [0.717, 1.165) is 31.2 Å². The average Bonchev–Trinajstić information content (AvgIpc) is 2.98. The Hall–Kier alpha value is -1.62. The Morgan fingerprint density at radius 2 is 1.76 bits per heavy atom. The maximum atomic E-state index is 12.0. The quantitative estimate of drug-likeness (QED) is 0.600. The fourth-order valence-electron chi connectivity index (χ4n) is 2.98. The normalized spacial score (nSPS) is 12.1. The summed E-state index contributed by atoms with van der Waals surface area (Å²) in [5.41, 5.74) is 2.41. The first-order chi connectivity index (χ1) is 11.9. The summed E-state index contributed by atoms with van der Waals surface area (Å²) in [6.45, 7) is 3.43. The van der Waals surface area contributed by atoms with Crippen molar-refractivity contribution >= 4 is 26.5 Å². The third kappa shape index (κ3) is 5.99. The minimum Gasteiger partial charge on any atom is -0.361 e. The zero-order chi connectivity index (χ0) is 18.3. The van der Waals surface area contributed by atoms with Gasteiger partial charge in [0.2, 0.25) is 0 Å². The lowest BCUT2D eigenvalue weighted by atomic mass is 10.0. The van der Waals surface area contributed by atoms with Gasteiger partial charge in [0.1, 0.15) is 5.78 Å². The van der Waals surface area contributed by atoms with E-state index >= 15 is 0 Å². The fraction of sp³-hybridized carbons (Fsp3) is 0.550.